The van der Waals surface area contributed by atoms with E-state index in [1.54, 1.807) is 18.5 Å². The first-order chi connectivity index (χ1) is 19.2. The molecule has 2 aromatic heterocycles. The van der Waals surface area contributed by atoms with Crippen LogP contribution in [0.4, 0.5) is 5.95 Å². The minimum Gasteiger partial charge on any atom is -0.479 e. The van der Waals surface area contributed by atoms with E-state index in [0.29, 0.717) is 29.2 Å². The van der Waals surface area contributed by atoms with Crippen LogP contribution >= 0.6 is 23.7 Å². The number of ether oxygens (including phenoxy) is 2. The number of carbonyl (C=O) groups is 1. The Morgan fingerprint density at radius 2 is 1.98 bits per heavy atom. The van der Waals surface area contributed by atoms with Gasteiger partial charge in [0.15, 0.2) is 11.2 Å². The van der Waals surface area contributed by atoms with Gasteiger partial charge in [0.2, 0.25) is 11.8 Å². The number of benzene rings is 2. The topological polar surface area (TPSA) is 153 Å². The molecule has 0 aliphatic heterocycles. The molecule has 0 amide bonds. The van der Waals surface area contributed by atoms with Crippen LogP contribution in [0.3, 0.4) is 0 Å². The van der Waals surface area contributed by atoms with Crippen LogP contribution in [0.5, 0.6) is 11.6 Å². The molecule has 2 aromatic carbocycles. The summed E-state index contributed by atoms with van der Waals surface area (Å²) < 4.78 is 38.8. The molecule has 5 rings (SSSR count). The summed E-state index contributed by atoms with van der Waals surface area (Å²) in [5, 5.41) is 4.33. The van der Waals surface area contributed by atoms with Crippen molar-refractivity contribution in [2.75, 3.05) is 26.6 Å². The number of fused-ring (bicyclic) bond motifs is 2. The third kappa shape index (κ3) is 5.68. The highest BCUT2D eigenvalue weighted by Crippen LogP contribution is 2.48. The van der Waals surface area contributed by atoms with E-state index in [1.807, 2.05) is 41.0 Å². The van der Waals surface area contributed by atoms with Gasteiger partial charge < -0.3 is 24.3 Å². The van der Waals surface area contributed by atoms with Crippen molar-refractivity contribution in [2.24, 2.45) is 5.92 Å². The van der Waals surface area contributed by atoms with Gasteiger partial charge in [0.05, 0.1) is 33.2 Å². The van der Waals surface area contributed by atoms with Gasteiger partial charge in [0, 0.05) is 15.8 Å². The lowest BCUT2D eigenvalue weighted by Crippen LogP contribution is -2.34. The van der Waals surface area contributed by atoms with Crippen molar-refractivity contribution in [3.8, 4) is 11.6 Å². The number of nitrogens with one attached hydrogen (secondary N) is 1. The summed E-state index contributed by atoms with van der Waals surface area (Å²) in [5.41, 5.74) is 6.91. The van der Waals surface area contributed by atoms with Gasteiger partial charge in [-0.05, 0) is 30.9 Å². The van der Waals surface area contributed by atoms with E-state index in [1.165, 1.54) is 21.1 Å². The Hall–Kier alpha value is -3.51. The molecule has 0 spiro atoms. The molecule has 0 radical (unpaired) electrons. The van der Waals surface area contributed by atoms with E-state index in [2.05, 4.69) is 36.0 Å². The van der Waals surface area contributed by atoms with Gasteiger partial charge in [0.1, 0.15) is 11.8 Å². The van der Waals surface area contributed by atoms with Gasteiger partial charge in [-0.25, -0.2) is 9.55 Å². The number of hydrogen-bond donors (Lipinski definition) is 2. The molecular weight excluding hydrogens is 603 g/mol. The number of nitrogens with zero attached hydrogens (tertiary/aromatic N) is 4. The number of methoxy groups -OCH3 is 2. The van der Waals surface area contributed by atoms with Crippen LogP contribution in [-0.4, -0.2) is 52.4 Å². The van der Waals surface area contributed by atoms with Crippen molar-refractivity contribution in [1.29, 1.82) is 0 Å². The molecule has 12 nitrogen and oxygen atoms in total. The van der Waals surface area contributed by atoms with Crippen molar-refractivity contribution in [1.82, 2.24) is 24.6 Å². The molecule has 210 valence electrons. The van der Waals surface area contributed by atoms with E-state index in [9.17, 15) is 9.36 Å². The van der Waals surface area contributed by atoms with Gasteiger partial charge in [0.25, 0.3) is 0 Å². The summed E-state index contributed by atoms with van der Waals surface area (Å²) in [6, 6.07) is 9.98. The van der Waals surface area contributed by atoms with Gasteiger partial charge in [-0.15, -0.1) is 0 Å². The minimum atomic E-state index is -4.05. The summed E-state index contributed by atoms with van der Waals surface area (Å²) in [6.45, 7) is 1.59. The zero-order valence-electron chi connectivity index (χ0n) is 22.0. The summed E-state index contributed by atoms with van der Waals surface area (Å²) >= 11 is 3.54. The fourth-order valence-corrected chi connectivity index (χ4v) is 6.61. The van der Waals surface area contributed by atoms with Crippen molar-refractivity contribution < 1.29 is 27.9 Å². The maximum atomic E-state index is 14.0. The van der Waals surface area contributed by atoms with Crippen LogP contribution in [0.2, 0.25) is 0 Å². The monoisotopic (exact) mass is 630 g/mol. The molecule has 1 aliphatic rings. The summed E-state index contributed by atoms with van der Waals surface area (Å²) in [4.78, 5) is 24.9. The van der Waals surface area contributed by atoms with Crippen molar-refractivity contribution in [3.63, 3.8) is 0 Å². The number of nitrogens with two attached hydrogens (primary N) is 1. The van der Waals surface area contributed by atoms with E-state index in [0.717, 1.165) is 15.2 Å². The molecule has 4 aromatic rings. The molecule has 4 atom stereocenters. The third-order valence-electron chi connectivity index (χ3n) is 6.52. The molecule has 3 N–H and O–H groups in total. The fraction of sp³-hybridized carbons (Fsp3) is 0.308. The Bertz CT molecular complexity index is 1650. The highest BCUT2D eigenvalue weighted by molar-refractivity contribution is 9.10. The number of allylic oxidation sites excluding steroid dienone is 1. The van der Waals surface area contributed by atoms with E-state index in [4.69, 9.17) is 24.3 Å². The van der Waals surface area contributed by atoms with Crippen LogP contribution in [0.15, 0.2) is 59.4 Å². The Kier molecular flexibility index (Phi) is 8.09. The second kappa shape index (κ2) is 11.5. The van der Waals surface area contributed by atoms with Crippen molar-refractivity contribution in [3.05, 3.63) is 59.4 Å². The number of rotatable bonds is 10. The maximum absolute atomic E-state index is 14.0. The van der Waals surface area contributed by atoms with E-state index in [-0.39, 0.29) is 24.5 Å². The largest absolute Gasteiger partial charge is 0.479 e. The van der Waals surface area contributed by atoms with Crippen LogP contribution in [0.25, 0.3) is 21.9 Å². The number of esters is 1. The molecule has 1 aliphatic carbocycles. The SMILES string of the molecule is COC(=O)[C@H](C)NP(=O)(OC[C@@H]1C=C[C@H](n2cnc3c(OC)nc(N)nc32)C1)Oc1ccc(Br)c2ccccc12. The minimum absolute atomic E-state index is 0.0622. The highest BCUT2D eigenvalue weighted by atomic mass is 79.9. The van der Waals surface area contributed by atoms with Crippen LogP contribution in [-0.2, 0) is 18.6 Å². The van der Waals surface area contributed by atoms with Gasteiger partial charge in [-0.2, -0.15) is 15.1 Å². The van der Waals surface area contributed by atoms with Gasteiger partial charge >= 0.3 is 13.7 Å². The molecule has 0 saturated carbocycles. The lowest BCUT2D eigenvalue weighted by molar-refractivity contribution is -0.142. The number of anilines is 1. The first-order valence-corrected chi connectivity index (χ1v) is 14.7. The standard InChI is InChI=1S/C26H28BrN6O6P/c1-15(25(34)37-3)32-40(35,39-21-11-10-20(27)18-6-4-5-7-19(18)21)38-13-16-8-9-17(12-16)33-14-29-22-23(33)30-26(28)31-24(22)36-2/h4-11,14-17H,12-13H2,1-3H3,(H,32,35)(H2,28,30,31)/t15-,16+,17-,40?/m0/s1. The highest BCUT2D eigenvalue weighted by Gasteiger charge is 2.34. The Morgan fingerprint density at radius 1 is 1.20 bits per heavy atom. The number of aromatic nitrogens is 4. The second-order valence-corrected chi connectivity index (χ2v) is 11.8. The first kappa shape index (κ1) is 28.0. The molecule has 0 bridgehead atoms. The Morgan fingerprint density at radius 3 is 2.73 bits per heavy atom. The Balaban J connectivity index is 1.35. The lowest BCUT2D eigenvalue weighted by atomic mass is 10.1. The normalized spacial score (nSPS) is 19.0. The van der Waals surface area contributed by atoms with Gasteiger partial charge in [-0.3, -0.25) is 9.32 Å². The number of nitrogen functional groups attached to an aromatic ring is 1. The summed E-state index contributed by atoms with van der Waals surface area (Å²) in [6.07, 6.45) is 6.25. The second-order valence-electron chi connectivity index (χ2n) is 9.21. The molecule has 0 saturated heterocycles. The average Bonchev–Trinajstić information content (AvgIpc) is 3.60. The number of halogens is 1. The first-order valence-electron chi connectivity index (χ1n) is 12.4. The molecule has 14 heteroatoms. The number of carbonyl (C=O) groups excluding carboxylic acids is 1. The fourth-order valence-electron chi connectivity index (χ4n) is 4.57. The summed E-state index contributed by atoms with van der Waals surface area (Å²) in [7, 11) is -1.29. The number of imidazole rings is 1. The predicted molar refractivity (Wildman–Crippen MR) is 153 cm³/mol. The predicted octanol–water partition coefficient (Wildman–Crippen LogP) is 4.80. The summed E-state index contributed by atoms with van der Waals surface area (Å²) in [5.74, 6) is 0.0161. The van der Waals surface area contributed by atoms with Crippen LogP contribution < -0.4 is 20.1 Å². The van der Waals surface area contributed by atoms with Gasteiger partial charge in [-0.1, -0.05) is 52.3 Å². The van der Waals surface area contributed by atoms with Crippen molar-refractivity contribution >= 4 is 57.5 Å². The number of hydrogen-bond acceptors (Lipinski definition) is 10. The molecule has 40 heavy (non-hydrogen) atoms. The zero-order valence-corrected chi connectivity index (χ0v) is 24.5. The molecule has 2 heterocycles. The molecule has 1 unspecified atom stereocenters. The molecule has 0 fully saturated rings. The zero-order chi connectivity index (χ0) is 28.4. The van der Waals surface area contributed by atoms with Crippen LogP contribution in [0, 0.1) is 5.92 Å². The lowest BCUT2D eigenvalue weighted by Gasteiger charge is -2.24. The molecular formula is C26H28BrN6O6P. The van der Waals surface area contributed by atoms with Crippen molar-refractivity contribution in [2.45, 2.75) is 25.4 Å². The Labute approximate surface area is 238 Å². The average molecular weight is 631 g/mol. The third-order valence-corrected chi connectivity index (χ3v) is 8.84. The van der Waals surface area contributed by atoms with E-state index < -0.39 is 19.8 Å². The smallest absolute Gasteiger partial charge is 0.459 e. The quantitative estimate of drug-likeness (QED) is 0.141. The maximum Gasteiger partial charge on any atom is 0.459 e. The van der Waals surface area contributed by atoms with Crippen LogP contribution in [0.1, 0.15) is 19.4 Å². The van der Waals surface area contributed by atoms with E-state index >= 15 is 0 Å².